The number of aromatic nitrogens is 2. The molecule has 2 N–H and O–H groups in total. The summed E-state index contributed by atoms with van der Waals surface area (Å²) in [6.07, 6.45) is 4.24. The summed E-state index contributed by atoms with van der Waals surface area (Å²) in [7, 11) is -1.95. The van der Waals surface area contributed by atoms with Crippen molar-refractivity contribution in [2.75, 3.05) is 12.4 Å². The van der Waals surface area contributed by atoms with E-state index in [2.05, 4.69) is 20.0 Å². The Morgan fingerprint density at radius 3 is 2.57 bits per heavy atom. The molecule has 8 heteroatoms. The fraction of sp³-hybridized carbons (Fsp3) is 0.385. The molecule has 0 aromatic carbocycles. The predicted octanol–water partition coefficient (Wildman–Crippen LogP) is 2.40. The van der Waals surface area contributed by atoms with Gasteiger partial charge < -0.3 is 5.32 Å². The second kappa shape index (κ2) is 6.97. The summed E-state index contributed by atoms with van der Waals surface area (Å²) in [5.41, 5.74) is 0. The molecule has 0 amide bonds. The number of hydrogen-bond acceptors (Lipinski definition) is 6. The molecule has 0 spiro atoms. The summed E-state index contributed by atoms with van der Waals surface area (Å²) >= 11 is 1.54. The Balaban J connectivity index is 2.21. The molecule has 0 aliphatic carbocycles. The normalized spacial score (nSPS) is 13.0. The van der Waals surface area contributed by atoms with Crippen molar-refractivity contribution < 1.29 is 8.42 Å². The Bertz CT molecular complexity index is 654. The lowest BCUT2D eigenvalue weighted by Gasteiger charge is -2.16. The molecule has 1 unspecified atom stereocenters. The van der Waals surface area contributed by atoms with Crippen LogP contribution >= 0.6 is 11.3 Å². The third-order valence-corrected chi connectivity index (χ3v) is 5.34. The molecule has 6 nitrogen and oxygen atoms in total. The van der Waals surface area contributed by atoms with Crippen LogP contribution in [0.1, 0.15) is 30.7 Å². The van der Waals surface area contributed by atoms with Gasteiger partial charge in [-0.25, -0.2) is 23.1 Å². The minimum atomic E-state index is -3.63. The van der Waals surface area contributed by atoms with Crippen LogP contribution in [0.3, 0.4) is 0 Å². The molecule has 2 rings (SSSR count). The Labute approximate surface area is 128 Å². The zero-order chi connectivity index (χ0) is 15.3. The van der Waals surface area contributed by atoms with Gasteiger partial charge in [0.2, 0.25) is 16.0 Å². The van der Waals surface area contributed by atoms with Crippen molar-refractivity contribution in [3.05, 3.63) is 34.8 Å². The van der Waals surface area contributed by atoms with Crippen LogP contribution in [0.2, 0.25) is 0 Å². The number of nitrogens with zero attached hydrogens (tertiary/aromatic N) is 2. The average molecular weight is 326 g/mol. The summed E-state index contributed by atoms with van der Waals surface area (Å²) in [6.45, 7) is 2.03. The van der Waals surface area contributed by atoms with Crippen LogP contribution in [0.25, 0.3) is 0 Å². The van der Waals surface area contributed by atoms with E-state index in [1.807, 2.05) is 24.4 Å². The van der Waals surface area contributed by atoms with E-state index in [0.29, 0.717) is 5.95 Å². The van der Waals surface area contributed by atoms with Crippen molar-refractivity contribution in [1.82, 2.24) is 14.7 Å². The molecule has 2 aromatic rings. The molecule has 0 radical (unpaired) electrons. The first-order valence-electron chi connectivity index (χ1n) is 6.62. The minimum Gasteiger partial charge on any atom is -0.357 e. The van der Waals surface area contributed by atoms with Gasteiger partial charge in [-0.1, -0.05) is 19.4 Å². The smallest absolute Gasteiger partial charge is 0.244 e. The number of sulfonamides is 1. The van der Waals surface area contributed by atoms with Gasteiger partial charge in [-0.3, -0.25) is 0 Å². The molecule has 114 valence electrons. The number of rotatable bonds is 7. The van der Waals surface area contributed by atoms with Crippen LogP contribution in [0.5, 0.6) is 0 Å². The van der Waals surface area contributed by atoms with E-state index in [4.69, 9.17) is 0 Å². The number of thiophene rings is 1. The van der Waals surface area contributed by atoms with Crippen LogP contribution < -0.4 is 10.0 Å². The Hall–Kier alpha value is -1.51. The van der Waals surface area contributed by atoms with Gasteiger partial charge in [0.25, 0.3) is 0 Å². The molecule has 2 aromatic heterocycles. The van der Waals surface area contributed by atoms with Gasteiger partial charge in [0.15, 0.2) is 0 Å². The summed E-state index contributed by atoms with van der Waals surface area (Å²) < 4.78 is 27.5. The molecule has 0 aliphatic heterocycles. The summed E-state index contributed by atoms with van der Waals surface area (Å²) in [5.74, 6) is 0.386. The quantitative estimate of drug-likeness (QED) is 0.816. The lowest BCUT2D eigenvalue weighted by molar-refractivity contribution is 0.539. The van der Waals surface area contributed by atoms with Gasteiger partial charge in [0, 0.05) is 11.9 Å². The molecule has 21 heavy (non-hydrogen) atoms. The highest BCUT2D eigenvalue weighted by Gasteiger charge is 2.22. The number of anilines is 1. The van der Waals surface area contributed by atoms with Crippen LogP contribution in [-0.2, 0) is 10.0 Å². The van der Waals surface area contributed by atoms with E-state index in [-0.39, 0.29) is 10.9 Å². The van der Waals surface area contributed by atoms with Crippen molar-refractivity contribution in [2.24, 2.45) is 0 Å². The van der Waals surface area contributed by atoms with Crippen LogP contribution in [0, 0.1) is 0 Å². The van der Waals surface area contributed by atoms with Crippen molar-refractivity contribution in [1.29, 1.82) is 0 Å². The van der Waals surface area contributed by atoms with E-state index >= 15 is 0 Å². The maximum atomic E-state index is 12.4. The first kappa shape index (κ1) is 15.9. The molecular weight excluding hydrogens is 308 g/mol. The lowest BCUT2D eigenvalue weighted by Crippen LogP contribution is -2.28. The van der Waals surface area contributed by atoms with E-state index in [9.17, 15) is 8.42 Å². The van der Waals surface area contributed by atoms with Crippen LogP contribution in [0.15, 0.2) is 34.8 Å². The zero-order valence-electron chi connectivity index (χ0n) is 11.9. The molecule has 2 heterocycles. The minimum absolute atomic E-state index is 0.0687. The topological polar surface area (TPSA) is 84.0 Å². The summed E-state index contributed by atoms with van der Waals surface area (Å²) in [4.78, 5) is 8.96. The molecule has 0 fully saturated rings. The van der Waals surface area contributed by atoms with E-state index in [1.54, 1.807) is 18.4 Å². The average Bonchev–Trinajstić information content (AvgIpc) is 3.01. The second-order valence-corrected chi connectivity index (χ2v) is 7.16. The summed E-state index contributed by atoms with van der Waals surface area (Å²) in [6, 6.07) is 3.64. The predicted molar refractivity (Wildman–Crippen MR) is 83.9 cm³/mol. The fourth-order valence-electron chi connectivity index (χ4n) is 1.88. The molecular formula is C13H18N4O2S2. The molecule has 0 saturated carbocycles. The monoisotopic (exact) mass is 326 g/mol. The van der Waals surface area contributed by atoms with Crippen LogP contribution in [0.4, 0.5) is 5.95 Å². The highest BCUT2D eigenvalue weighted by atomic mass is 32.2. The van der Waals surface area contributed by atoms with Gasteiger partial charge >= 0.3 is 0 Å². The highest BCUT2D eigenvalue weighted by molar-refractivity contribution is 7.89. The first-order chi connectivity index (χ1) is 10.1. The Kier molecular flexibility index (Phi) is 5.27. The Morgan fingerprint density at radius 1 is 1.33 bits per heavy atom. The molecule has 0 aliphatic rings. The van der Waals surface area contributed by atoms with Gasteiger partial charge in [-0.15, -0.1) is 11.3 Å². The number of hydrogen-bond donors (Lipinski definition) is 2. The van der Waals surface area contributed by atoms with Crippen molar-refractivity contribution in [3.8, 4) is 0 Å². The van der Waals surface area contributed by atoms with Crippen LogP contribution in [-0.4, -0.2) is 25.4 Å². The third-order valence-electron chi connectivity index (χ3n) is 2.92. The molecule has 0 saturated heterocycles. The van der Waals surface area contributed by atoms with Crippen molar-refractivity contribution >= 4 is 27.3 Å². The largest absolute Gasteiger partial charge is 0.357 e. The maximum absolute atomic E-state index is 12.4. The zero-order valence-corrected chi connectivity index (χ0v) is 13.5. The third kappa shape index (κ3) is 3.99. The van der Waals surface area contributed by atoms with Gasteiger partial charge in [-0.05, 0) is 17.9 Å². The standard InChI is InChI=1S/C13H18N4O2S2/c1-3-5-11(12-6-4-7-20-12)17-21(18,19)10-8-15-13(14-2)16-9-10/h4,6-9,11,17H,3,5H2,1-2H3,(H,14,15,16). The maximum Gasteiger partial charge on any atom is 0.244 e. The Morgan fingerprint density at radius 2 is 2.05 bits per heavy atom. The lowest BCUT2D eigenvalue weighted by atomic mass is 10.1. The summed E-state index contributed by atoms with van der Waals surface area (Å²) in [5, 5.41) is 4.69. The second-order valence-electron chi connectivity index (χ2n) is 4.47. The molecule has 1 atom stereocenters. The van der Waals surface area contributed by atoms with E-state index in [1.165, 1.54) is 12.4 Å². The van der Waals surface area contributed by atoms with E-state index in [0.717, 1.165) is 17.7 Å². The fourth-order valence-corrected chi connectivity index (χ4v) is 3.90. The van der Waals surface area contributed by atoms with E-state index < -0.39 is 10.0 Å². The highest BCUT2D eigenvalue weighted by Crippen LogP contribution is 2.25. The SMILES string of the molecule is CCCC(NS(=O)(=O)c1cnc(NC)nc1)c1cccs1. The van der Waals surface area contributed by atoms with Gasteiger partial charge in [-0.2, -0.15) is 0 Å². The molecule has 0 bridgehead atoms. The van der Waals surface area contributed by atoms with Crippen molar-refractivity contribution in [2.45, 2.75) is 30.7 Å². The van der Waals surface area contributed by atoms with Gasteiger partial charge in [0.1, 0.15) is 4.90 Å². The van der Waals surface area contributed by atoms with Crippen molar-refractivity contribution in [3.63, 3.8) is 0 Å². The number of nitrogens with one attached hydrogen (secondary N) is 2. The first-order valence-corrected chi connectivity index (χ1v) is 8.98. The van der Waals surface area contributed by atoms with Gasteiger partial charge in [0.05, 0.1) is 18.4 Å².